The van der Waals surface area contributed by atoms with Gasteiger partial charge in [0.2, 0.25) is 0 Å². The van der Waals surface area contributed by atoms with E-state index in [0.29, 0.717) is 11.8 Å². The van der Waals surface area contributed by atoms with Crippen molar-refractivity contribution in [3.05, 3.63) is 0 Å². The van der Waals surface area contributed by atoms with E-state index in [4.69, 9.17) is 4.74 Å². The molecule has 1 saturated heterocycles. The van der Waals surface area contributed by atoms with E-state index in [0.717, 1.165) is 25.7 Å². The Balaban J connectivity index is 2.08. The van der Waals surface area contributed by atoms with E-state index >= 15 is 0 Å². The van der Waals surface area contributed by atoms with Crippen molar-refractivity contribution in [1.82, 2.24) is 0 Å². The SMILES string of the molecule is CC(C)C1CCC(C)(C2(C(O)(O)O)CO2)CC1. The predicted molar refractivity (Wildman–Crippen MR) is 63.0 cm³/mol. The van der Waals surface area contributed by atoms with E-state index in [1.54, 1.807) is 0 Å². The van der Waals surface area contributed by atoms with Crippen LogP contribution in [0.3, 0.4) is 0 Å². The first-order chi connectivity index (χ1) is 7.72. The average Bonchev–Trinajstić information content (AvgIpc) is 2.97. The van der Waals surface area contributed by atoms with Crippen molar-refractivity contribution in [3.8, 4) is 0 Å². The first-order valence-electron chi connectivity index (χ1n) is 6.53. The Morgan fingerprint density at radius 2 is 1.65 bits per heavy atom. The fourth-order valence-corrected chi connectivity index (χ4v) is 3.37. The Morgan fingerprint density at radius 3 is 1.94 bits per heavy atom. The van der Waals surface area contributed by atoms with Crippen LogP contribution in [0.1, 0.15) is 46.5 Å². The lowest BCUT2D eigenvalue weighted by Crippen LogP contribution is -2.56. The van der Waals surface area contributed by atoms with Gasteiger partial charge in [-0.15, -0.1) is 0 Å². The lowest BCUT2D eigenvalue weighted by Gasteiger charge is -2.44. The lowest BCUT2D eigenvalue weighted by atomic mass is 9.62. The van der Waals surface area contributed by atoms with E-state index in [1.807, 2.05) is 6.92 Å². The molecule has 1 aliphatic carbocycles. The predicted octanol–water partition coefficient (Wildman–Crippen LogP) is 1.24. The van der Waals surface area contributed by atoms with Crippen LogP contribution < -0.4 is 0 Å². The molecular weight excluding hydrogens is 220 g/mol. The highest BCUT2D eigenvalue weighted by molar-refractivity contribution is 5.11. The van der Waals surface area contributed by atoms with Crippen molar-refractivity contribution in [3.63, 3.8) is 0 Å². The summed E-state index contributed by atoms with van der Waals surface area (Å²) in [5, 5.41) is 28.5. The van der Waals surface area contributed by atoms with Crippen molar-refractivity contribution in [2.75, 3.05) is 6.61 Å². The van der Waals surface area contributed by atoms with Gasteiger partial charge in [-0.25, -0.2) is 0 Å². The average molecular weight is 244 g/mol. The van der Waals surface area contributed by atoms with E-state index in [-0.39, 0.29) is 12.0 Å². The second-order valence-electron chi connectivity index (χ2n) is 6.39. The maximum atomic E-state index is 9.49. The van der Waals surface area contributed by atoms with Gasteiger partial charge in [0, 0.05) is 5.41 Å². The molecule has 0 radical (unpaired) electrons. The fraction of sp³-hybridized carbons (Fsp3) is 1.00. The van der Waals surface area contributed by atoms with Crippen LogP contribution in [0.4, 0.5) is 0 Å². The maximum Gasteiger partial charge on any atom is 0.309 e. The maximum absolute atomic E-state index is 9.49. The smallest absolute Gasteiger partial charge is 0.309 e. The van der Waals surface area contributed by atoms with Crippen LogP contribution in [0.2, 0.25) is 0 Å². The van der Waals surface area contributed by atoms with Gasteiger partial charge >= 0.3 is 5.97 Å². The van der Waals surface area contributed by atoms with Crippen LogP contribution in [0, 0.1) is 17.3 Å². The highest BCUT2D eigenvalue weighted by atomic mass is 16.7. The van der Waals surface area contributed by atoms with E-state index in [9.17, 15) is 15.3 Å². The Kier molecular flexibility index (Phi) is 3.06. The largest absolute Gasteiger partial charge is 0.360 e. The van der Waals surface area contributed by atoms with Gasteiger partial charge in [-0.3, -0.25) is 0 Å². The summed E-state index contributed by atoms with van der Waals surface area (Å²) in [4.78, 5) is 0. The summed E-state index contributed by atoms with van der Waals surface area (Å²) >= 11 is 0. The van der Waals surface area contributed by atoms with Gasteiger partial charge in [0.05, 0.1) is 6.61 Å². The summed E-state index contributed by atoms with van der Waals surface area (Å²) in [5.74, 6) is -1.35. The van der Waals surface area contributed by atoms with E-state index in [1.165, 1.54) is 0 Å². The van der Waals surface area contributed by atoms with Crippen LogP contribution in [-0.4, -0.2) is 33.5 Å². The van der Waals surface area contributed by atoms with Crippen molar-refractivity contribution in [2.45, 2.75) is 58.0 Å². The van der Waals surface area contributed by atoms with Gasteiger partial charge in [0.25, 0.3) is 0 Å². The van der Waals surface area contributed by atoms with Crippen molar-refractivity contribution < 1.29 is 20.1 Å². The number of rotatable bonds is 3. The van der Waals surface area contributed by atoms with Crippen molar-refractivity contribution >= 4 is 0 Å². The monoisotopic (exact) mass is 244 g/mol. The normalized spacial score (nSPS) is 42.9. The molecule has 4 nitrogen and oxygen atoms in total. The molecule has 100 valence electrons. The topological polar surface area (TPSA) is 73.2 Å². The van der Waals surface area contributed by atoms with Crippen LogP contribution in [0.25, 0.3) is 0 Å². The van der Waals surface area contributed by atoms with Crippen LogP contribution in [-0.2, 0) is 4.74 Å². The van der Waals surface area contributed by atoms with Gasteiger partial charge in [-0.05, 0) is 37.5 Å². The molecule has 1 saturated carbocycles. The summed E-state index contributed by atoms with van der Waals surface area (Å²) < 4.78 is 5.25. The minimum absolute atomic E-state index is 0.235. The van der Waals surface area contributed by atoms with Crippen LogP contribution in [0.15, 0.2) is 0 Å². The zero-order valence-corrected chi connectivity index (χ0v) is 10.9. The molecule has 0 spiro atoms. The summed E-state index contributed by atoms with van der Waals surface area (Å²) in [6.07, 6.45) is 3.88. The quantitative estimate of drug-likeness (QED) is 0.516. The molecule has 0 amide bonds. The fourth-order valence-electron chi connectivity index (χ4n) is 3.37. The minimum atomic E-state index is -2.72. The van der Waals surface area contributed by atoms with Gasteiger partial charge in [-0.2, -0.15) is 0 Å². The molecule has 1 heterocycles. The third-order valence-corrected chi connectivity index (χ3v) is 5.03. The molecule has 0 aromatic rings. The summed E-state index contributed by atoms with van der Waals surface area (Å²) in [7, 11) is 0. The molecule has 1 atom stereocenters. The first kappa shape index (κ1) is 13.3. The molecule has 1 aliphatic heterocycles. The van der Waals surface area contributed by atoms with Crippen LogP contribution in [0.5, 0.6) is 0 Å². The highest BCUT2D eigenvalue weighted by Gasteiger charge is 2.70. The lowest BCUT2D eigenvalue weighted by molar-refractivity contribution is -0.364. The number of aliphatic hydroxyl groups is 3. The molecule has 3 N–H and O–H groups in total. The Labute approximate surface area is 103 Å². The van der Waals surface area contributed by atoms with E-state index in [2.05, 4.69) is 13.8 Å². The van der Waals surface area contributed by atoms with Gasteiger partial charge in [-0.1, -0.05) is 20.8 Å². The van der Waals surface area contributed by atoms with Gasteiger partial charge in [0.15, 0.2) is 5.60 Å². The highest BCUT2D eigenvalue weighted by Crippen LogP contribution is 2.57. The Bertz CT molecular complexity index is 280. The second kappa shape index (κ2) is 3.92. The van der Waals surface area contributed by atoms with Gasteiger partial charge < -0.3 is 20.1 Å². The first-order valence-corrected chi connectivity index (χ1v) is 6.53. The molecular formula is C13H24O4. The minimum Gasteiger partial charge on any atom is -0.360 e. The molecule has 0 aromatic heterocycles. The summed E-state index contributed by atoms with van der Waals surface area (Å²) in [6, 6.07) is 0. The molecule has 0 aromatic carbocycles. The number of hydrogen-bond acceptors (Lipinski definition) is 4. The molecule has 4 heteroatoms. The van der Waals surface area contributed by atoms with Gasteiger partial charge in [0.1, 0.15) is 0 Å². The summed E-state index contributed by atoms with van der Waals surface area (Å²) in [5.41, 5.74) is -1.50. The molecule has 2 fully saturated rings. The standard InChI is InChI=1S/C13H24O4/c1-9(2)10-4-6-11(3,7-5-10)12(8-17-12)13(14,15)16/h9-10,14-16H,4-8H2,1-3H3. The molecule has 1 unspecified atom stereocenters. The van der Waals surface area contributed by atoms with E-state index < -0.39 is 11.6 Å². The molecule has 0 bridgehead atoms. The van der Waals surface area contributed by atoms with Crippen molar-refractivity contribution in [1.29, 1.82) is 0 Å². The molecule has 2 rings (SSSR count). The zero-order valence-electron chi connectivity index (χ0n) is 10.9. The Morgan fingerprint density at radius 1 is 1.18 bits per heavy atom. The number of hydrogen-bond donors (Lipinski definition) is 3. The van der Waals surface area contributed by atoms with Crippen LogP contribution >= 0.6 is 0 Å². The molecule has 2 aliphatic rings. The number of epoxide rings is 1. The number of ether oxygens (including phenoxy) is 1. The van der Waals surface area contributed by atoms with Crippen molar-refractivity contribution in [2.24, 2.45) is 17.3 Å². The third-order valence-electron chi connectivity index (χ3n) is 5.03. The second-order valence-corrected chi connectivity index (χ2v) is 6.39. The molecule has 17 heavy (non-hydrogen) atoms. The Hall–Kier alpha value is -0.160. The summed E-state index contributed by atoms with van der Waals surface area (Å²) in [6.45, 7) is 6.68. The third kappa shape index (κ3) is 2.01. The zero-order chi connectivity index (χ0) is 12.9.